The minimum absolute atomic E-state index is 0. The van der Waals surface area contributed by atoms with Crippen LogP contribution >= 0.6 is 35.3 Å². The highest BCUT2D eigenvalue weighted by Crippen LogP contribution is 2.29. The highest BCUT2D eigenvalue weighted by atomic mass is 127. The minimum Gasteiger partial charge on any atom is -0.352 e. The van der Waals surface area contributed by atoms with Gasteiger partial charge in [-0.25, -0.2) is 0 Å². The monoisotopic (exact) mass is 420 g/mol. The predicted octanol–water partition coefficient (Wildman–Crippen LogP) is 2.58. The number of hydrogen-bond donors (Lipinski definition) is 2. The molecule has 1 saturated carbocycles. The summed E-state index contributed by atoms with van der Waals surface area (Å²) in [6.45, 7) is 5.43. The summed E-state index contributed by atoms with van der Waals surface area (Å²) in [7, 11) is 1.85. The highest BCUT2D eigenvalue weighted by Gasteiger charge is 2.34. The van der Waals surface area contributed by atoms with Gasteiger partial charge in [-0.2, -0.15) is 0 Å². The summed E-state index contributed by atoms with van der Waals surface area (Å²) in [5.41, 5.74) is 1.36. The standard InChI is InChI=1S/C15H24N4S.HI/c1-11-6-8-20-14(11)9-17-15(16-2)18-12-5-7-19(10-12)13-3-4-13;/h6,8,12-13H,3-5,7,9-10H2,1-2H3,(H2,16,17,18);1H. The van der Waals surface area contributed by atoms with Crippen LogP contribution in [0.3, 0.4) is 0 Å². The first kappa shape index (κ1) is 17.0. The van der Waals surface area contributed by atoms with Gasteiger partial charge >= 0.3 is 0 Å². The van der Waals surface area contributed by atoms with Crippen LogP contribution in [0.15, 0.2) is 16.4 Å². The summed E-state index contributed by atoms with van der Waals surface area (Å²) < 4.78 is 0. The van der Waals surface area contributed by atoms with Gasteiger partial charge in [0.2, 0.25) is 0 Å². The van der Waals surface area contributed by atoms with E-state index < -0.39 is 0 Å². The number of aliphatic imine (C=N–C) groups is 1. The Bertz CT molecular complexity index is 484. The number of likely N-dealkylation sites (tertiary alicyclic amines) is 1. The molecule has 2 N–H and O–H groups in total. The number of rotatable bonds is 4. The van der Waals surface area contributed by atoms with Gasteiger partial charge < -0.3 is 10.6 Å². The van der Waals surface area contributed by atoms with Crippen LogP contribution in [0, 0.1) is 6.92 Å². The minimum atomic E-state index is 0. The first-order valence-electron chi connectivity index (χ1n) is 7.50. The first-order valence-corrected chi connectivity index (χ1v) is 8.38. The molecule has 0 bridgehead atoms. The van der Waals surface area contributed by atoms with Crippen molar-refractivity contribution in [3.63, 3.8) is 0 Å². The van der Waals surface area contributed by atoms with Crippen LogP contribution in [0.1, 0.15) is 29.7 Å². The average molecular weight is 420 g/mol. The normalized spacial score (nSPS) is 23.0. The Morgan fingerprint density at radius 3 is 2.86 bits per heavy atom. The molecule has 1 aliphatic carbocycles. The summed E-state index contributed by atoms with van der Waals surface area (Å²) >= 11 is 1.80. The van der Waals surface area contributed by atoms with Crippen molar-refractivity contribution in [1.29, 1.82) is 0 Å². The molecule has 21 heavy (non-hydrogen) atoms. The maximum atomic E-state index is 4.35. The molecule has 1 atom stereocenters. The maximum absolute atomic E-state index is 4.35. The molecule has 1 aromatic heterocycles. The molecule has 0 spiro atoms. The van der Waals surface area contributed by atoms with Crippen molar-refractivity contribution < 1.29 is 0 Å². The lowest BCUT2D eigenvalue weighted by Crippen LogP contribution is -2.44. The van der Waals surface area contributed by atoms with Crippen molar-refractivity contribution in [1.82, 2.24) is 15.5 Å². The fourth-order valence-corrected chi connectivity index (χ4v) is 3.66. The maximum Gasteiger partial charge on any atom is 0.191 e. The van der Waals surface area contributed by atoms with Gasteiger partial charge in [-0.3, -0.25) is 9.89 Å². The van der Waals surface area contributed by atoms with Crippen molar-refractivity contribution in [2.75, 3.05) is 20.1 Å². The largest absolute Gasteiger partial charge is 0.352 e. The molecular formula is C15H25IN4S. The molecule has 118 valence electrons. The molecule has 0 amide bonds. The third kappa shape index (κ3) is 4.56. The second kappa shape index (κ2) is 7.78. The second-order valence-corrected chi connectivity index (χ2v) is 6.81. The number of aryl methyl sites for hydroxylation is 1. The molecule has 1 aromatic rings. The van der Waals surface area contributed by atoms with E-state index in [2.05, 4.69) is 38.9 Å². The van der Waals surface area contributed by atoms with Gasteiger partial charge in [-0.15, -0.1) is 35.3 Å². The second-order valence-electron chi connectivity index (χ2n) is 5.81. The third-order valence-electron chi connectivity index (χ3n) is 4.23. The zero-order chi connectivity index (χ0) is 13.9. The molecule has 0 radical (unpaired) electrons. The van der Waals surface area contributed by atoms with Crippen molar-refractivity contribution in [3.8, 4) is 0 Å². The predicted molar refractivity (Wildman–Crippen MR) is 101 cm³/mol. The van der Waals surface area contributed by atoms with Gasteiger partial charge in [0, 0.05) is 37.1 Å². The van der Waals surface area contributed by atoms with Gasteiger partial charge in [0.05, 0.1) is 6.54 Å². The molecule has 1 unspecified atom stereocenters. The van der Waals surface area contributed by atoms with Crippen LogP contribution in [-0.2, 0) is 6.54 Å². The van der Waals surface area contributed by atoms with Gasteiger partial charge in [0.1, 0.15) is 0 Å². The molecule has 2 aliphatic rings. The van der Waals surface area contributed by atoms with E-state index >= 15 is 0 Å². The topological polar surface area (TPSA) is 39.7 Å². The van der Waals surface area contributed by atoms with E-state index in [1.807, 2.05) is 7.05 Å². The Hall–Kier alpha value is -0.340. The molecule has 0 aromatic carbocycles. The molecule has 2 fully saturated rings. The lowest BCUT2D eigenvalue weighted by atomic mass is 10.2. The Morgan fingerprint density at radius 2 is 2.24 bits per heavy atom. The number of guanidine groups is 1. The summed E-state index contributed by atoms with van der Waals surface area (Å²) in [5, 5.41) is 9.14. The van der Waals surface area contributed by atoms with Crippen molar-refractivity contribution in [2.45, 2.75) is 44.8 Å². The van der Waals surface area contributed by atoms with Gasteiger partial charge in [0.15, 0.2) is 5.96 Å². The highest BCUT2D eigenvalue weighted by molar-refractivity contribution is 14.0. The van der Waals surface area contributed by atoms with E-state index in [1.165, 1.54) is 42.8 Å². The fourth-order valence-electron chi connectivity index (χ4n) is 2.81. The summed E-state index contributed by atoms with van der Waals surface area (Å²) in [6, 6.07) is 3.60. The number of thiophene rings is 1. The van der Waals surface area contributed by atoms with E-state index in [9.17, 15) is 0 Å². The lowest BCUT2D eigenvalue weighted by Gasteiger charge is -2.18. The molecule has 6 heteroatoms. The molecule has 4 nitrogen and oxygen atoms in total. The first-order chi connectivity index (χ1) is 9.76. The average Bonchev–Trinajstić information content (AvgIpc) is 3.07. The Kier molecular flexibility index (Phi) is 6.31. The quantitative estimate of drug-likeness (QED) is 0.447. The zero-order valence-corrected chi connectivity index (χ0v) is 15.9. The third-order valence-corrected chi connectivity index (χ3v) is 5.25. The van der Waals surface area contributed by atoms with E-state index in [0.29, 0.717) is 6.04 Å². The van der Waals surface area contributed by atoms with Crippen LogP contribution in [0.2, 0.25) is 0 Å². The van der Waals surface area contributed by atoms with Crippen LogP contribution in [-0.4, -0.2) is 43.1 Å². The van der Waals surface area contributed by atoms with Gasteiger partial charge in [-0.05, 0) is 43.2 Å². The van der Waals surface area contributed by atoms with E-state index in [0.717, 1.165) is 18.5 Å². The Labute approximate surface area is 148 Å². The molecule has 3 rings (SSSR count). The van der Waals surface area contributed by atoms with Crippen LogP contribution < -0.4 is 10.6 Å². The van der Waals surface area contributed by atoms with Gasteiger partial charge in [-0.1, -0.05) is 0 Å². The SMILES string of the molecule is CN=C(NCc1sccc1C)NC1CCN(C2CC2)C1.I. The Balaban J connectivity index is 0.00000161. The van der Waals surface area contributed by atoms with E-state index in [1.54, 1.807) is 11.3 Å². The van der Waals surface area contributed by atoms with Crippen molar-refractivity contribution in [3.05, 3.63) is 21.9 Å². The van der Waals surface area contributed by atoms with Crippen LogP contribution in [0.25, 0.3) is 0 Å². The fraction of sp³-hybridized carbons (Fsp3) is 0.667. The van der Waals surface area contributed by atoms with Crippen molar-refractivity contribution in [2.24, 2.45) is 4.99 Å². The zero-order valence-electron chi connectivity index (χ0n) is 12.8. The van der Waals surface area contributed by atoms with Crippen molar-refractivity contribution >= 4 is 41.3 Å². The molecular weight excluding hydrogens is 395 g/mol. The number of halogens is 1. The van der Waals surface area contributed by atoms with Gasteiger partial charge in [0.25, 0.3) is 0 Å². The summed E-state index contributed by atoms with van der Waals surface area (Å²) in [5.74, 6) is 0.931. The summed E-state index contributed by atoms with van der Waals surface area (Å²) in [6.07, 6.45) is 4.03. The van der Waals surface area contributed by atoms with Crippen LogP contribution in [0.4, 0.5) is 0 Å². The number of nitrogens with zero attached hydrogens (tertiary/aromatic N) is 2. The molecule has 1 saturated heterocycles. The summed E-state index contributed by atoms with van der Waals surface area (Å²) in [4.78, 5) is 8.35. The van der Waals surface area contributed by atoms with E-state index in [4.69, 9.17) is 0 Å². The lowest BCUT2D eigenvalue weighted by molar-refractivity contribution is 0.321. The molecule has 1 aliphatic heterocycles. The smallest absolute Gasteiger partial charge is 0.191 e. The Morgan fingerprint density at radius 1 is 1.43 bits per heavy atom. The van der Waals surface area contributed by atoms with Crippen LogP contribution in [0.5, 0.6) is 0 Å². The molecule has 2 heterocycles. The number of hydrogen-bond acceptors (Lipinski definition) is 3. The van der Waals surface area contributed by atoms with E-state index in [-0.39, 0.29) is 24.0 Å². The number of nitrogens with one attached hydrogen (secondary N) is 2.